The standard InChI is InChI=1S/C41H30N2/c1-2-43-38-20-12-11-19-37(38)42-41(43)31-23-21-28(22-24-31)32-25-26-35-36(27-32)40(30-15-7-4-8-16-30)34-18-10-9-17-33(34)39(35)29-13-5-3-6-14-29/h3-27H,2H2,1H3. The largest absolute Gasteiger partial charge is 0.324 e. The summed E-state index contributed by atoms with van der Waals surface area (Å²) in [6.07, 6.45) is 0. The summed E-state index contributed by atoms with van der Waals surface area (Å²) in [6.45, 7) is 3.06. The summed E-state index contributed by atoms with van der Waals surface area (Å²) < 4.78 is 2.29. The van der Waals surface area contributed by atoms with E-state index in [0.29, 0.717) is 0 Å². The zero-order chi connectivity index (χ0) is 28.8. The molecule has 1 heterocycles. The van der Waals surface area contributed by atoms with Gasteiger partial charge in [-0.3, -0.25) is 0 Å². The molecule has 2 heteroatoms. The zero-order valence-corrected chi connectivity index (χ0v) is 24.0. The zero-order valence-electron chi connectivity index (χ0n) is 24.0. The van der Waals surface area contributed by atoms with E-state index in [0.717, 1.165) is 23.4 Å². The van der Waals surface area contributed by atoms with Gasteiger partial charge in [-0.15, -0.1) is 0 Å². The quantitative estimate of drug-likeness (QED) is 0.195. The first kappa shape index (κ1) is 25.3. The first-order chi connectivity index (χ1) is 21.3. The summed E-state index contributed by atoms with van der Waals surface area (Å²) in [4.78, 5) is 4.97. The molecule has 7 aromatic carbocycles. The Balaban J connectivity index is 1.34. The number of hydrogen-bond donors (Lipinski definition) is 0. The SMILES string of the molecule is CCn1c(-c2ccc(-c3ccc4c(-c5ccccc5)c5ccccc5c(-c5ccccc5)c4c3)cc2)nc2ccccc21. The van der Waals surface area contributed by atoms with E-state index >= 15 is 0 Å². The fourth-order valence-electron chi connectivity index (χ4n) is 6.62. The highest BCUT2D eigenvalue weighted by atomic mass is 15.1. The summed E-state index contributed by atoms with van der Waals surface area (Å²) in [6, 6.07) is 54.7. The Morgan fingerprint density at radius 3 is 1.60 bits per heavy atom. The van der Waals surface area contributed by atoms with Crippen LogP contribution >= 0.6 is 0 Å². The van der Waals surface area contributed by atoms with Crippen LogP contribution in [0, 0.1) is 0 Å². The number of nitrogens with zero attached hydrogens (tertiary/aromatic N) is 2. The Hall–Kier alpha value is -5.47. The van der Waals surface area contributed by atoms with Crippen LogP contribution < -0.4 is 0 Å². The first-order valence-corrected chi connectivity index (χ1v) is 15.0. The van der Waals surface area contributed by atoms with E-state index in [2.05, 4.69) is 163 Å². The fourth-order valence-corrected chi connectivity index (χ4v) is 6.62. The maximum Gasteiger partial charge on any atom is 0.141 e. The van der Waals surface area contributed by atoms with Gasteiger partial charge in [-0.25, -0.2) is 4.98 Å². The molecular formula is C41H30N2. The van der Waals surface area contributed by atoms with Crippen molar-refractivity contribution in [3.8, 4) is 44.8 Å². The van der Waals surface area contributed by atoms with Gasteiger partial charge in [0.15, 0.2) is 0 Å². The van der Waals surface area contributed by atoms with Crippen LogP contribution in [0.4, 0.5) is 0 Å². The maximum atomic E-state index is 4.97. The van der Waals surface area contributed by atoms with Crippen LogP contribution in [0.5, 0.6) is 0 Å². The number of hydrogen-bond acceptors (Lipinski definition) is 1. The monoisotopic (exact) mass is 550 g/mol. The smallest absolute Gasteiger partial charge is 0.141 e. The van der Waals surface area contributed by atoms with E-state index in [1.807, 2.05) is 0 Å². The third-order valence-corrected chi connectivity index (χ3v) is 8.60. The molecule has 8 rings (SSSR count). The highest BCUT2D eigenvalue weighted by molar-refractivity contribution is 6.21. The summed E-state index contributed by atoms with van der Waals surface area (Å²) in [5, 5.41) is 5.07. The summed E-state index contributed by atoms with van der Waals surface area (Å²) in [5.74, 6) is 1.01. The second-order valence-corrected chi connectivity index (χ2v) is 11.0. The third-order valence-electron chi connectivity index (χ3n) is 8.60. The Morgan fingerprint density at radius 1 is 0.442 bits per heavy atom. The molecule has 0 radical (unpaired) electrons. The van der Waals surface area contributed by atoms with Gasteiger partial charge < -0.3 is 4.57 Å². The van der Waals surface area contributed by atoms with Crippen LogP contribution in [0.3, 0.4) is 0 Å². The van der Waals surface area contributed by atoms with Crippen LogP contribution in [0.1, 0.15) is 6.92 Å². The molecule has 0 N–H and O–H groups in total. The highest BCUT2D eigenvalue weighted by Gasteiger charge is 2.17. The second kappa shape index (κ2) is 10.4. The molecule has 43 heavy (non-hydrogen) atoms. The van der Waals surface area contributed by atoms with E-state index in [4.69, 9.17) is 4.98 Å². The Labute approximate surface area is 251 Å². The van der Waals surface area contributed by atoms with Gasteiger partial charge in [0.25, 0.3) is 0 Å². The summed E-state index contributed by atoms with van der Waals surface area (Å²) in [5.41, 5.74) is 10.8. The fraction of sp³-hybridized carbons (Fsp3) is 0.0488. The van der Waals surface area contributed by atoms with Crippen LogP contribution in [0.2, 0.25) is 0 Å². The Morgan fingerprint density at radius 2 is 0.953 bits per heavy atom. The average Bonchev–Trinajstić information content (AvgIpc) is 3.46. The summed E-state index contributed by atoms with van der Waals surface area (Å²) >= 11 is 0. The number of aryl methyl sites for hydroxylation is 1. The molecule has 0 aliphatic carbocycles. The molecule has 0 saturated heterocycles. The van der Waals surface area contributed by atoms with Crippen molar-refractivity contribution in [1.82, 2.24) is 9.55 Å². The Kier molecular flexibility index (Phi) is 6.12. The van der Waals surface area contributed by atoms with Gasteiger partial charge in [-0.2, -0.15) is 0 Å². The minimum atomic E-state index is 0.877. The van der Waals surface area contributed by atoms with Crippen LogP contribution in [0.25, 0.3) is 77.3 Å². The van der Waals surface area contributed by atoms with Crippen molar-refractivity contribution in [3.05, 3.63) is 152 Å². The normalized spacial score (nSPS) is 11.5. The van der Waals surface area contributed by atoms with E-state index in [1.54, 1.807) is 0 Å². The molecule has 8 aromatic rings. The molecule has 0 aliphatic heterocycles. The molecule has 2 nitrogen and oxygen atoms in total. The molecule has 0 aliphatic rings. The molecule has 1 aromatic heterocycles. The maximum absolute atomic E-state index is 4.97. The van der Waals surface area contributed by atoms with Gasteiger partial charge in [-0.05, 0) is 80.0 Å². The first-order valence-electron chi connectivity index (χ1n) is 15.0. The molecule has 204 valence electrons. The molecular weight excluding hydrogens is 520 g/mol. The highest BCUT2D eigenvalue weighted by Crippen LogP contribution is 2.44. The predicted octanol–water partition coefficient (Wildman–Crippen LogP) is 11.0. The lowest BCUT2D eigenvalue weighted by atomic mass is 9.85. The lowest BCUT2D eigenvalue weighted by molar-refractivity contribution is 0.796. The molecule has 0 spiro atoms. The summed E-state index contributed by atoms with van der Waals surface area (Å²) in [7, 11) is 0. The van der Waals surface area contributed by atoms with Crippen molar-refractivity contribution in [2.24, 2.45) is 0 Å². The van der Waals surface area contributed by atoms with Gasteiger partial charge in [0.1, 0.15) is 5.82 Å². The van der Waals surface area contributed by atoms with Gasteiger partial charge in [-0.1, -0.05) is 133 Å². The lowest BCUT2D eigenvalue weighted by Crippen LogP contribution is -1.97. The van der Waals surface area contributed by atoms with Crippen molar-refractivity contribution >= 4 is 32.6 Å². The molecule has 0 saturated carbocycles. The number of aromatic nitrogens is 2. The molecule has 0 fully saturated rings. The molecule has 0 unspecified atom stereocenters. The number of rotatable bonds is 5. The molecule has 0 atom stereocenters. The van der Waals surface area contributed by atoms with Gasteiger partial charge in [0.2, 0.25) is 0 Å². The van der Waals surface area contributed by atoms with E-state index in [-0.39, 0.29) is 0 Å². The van der Waals surface area contributed by atoms with Crippen LogP contribution in [-0.2, 0) is 6.54 Å². The van der Waals surface area contributed by atoms with E-state index < -0.39 is 0 Å². The molecule has 0 bridgehead atoms. The van der Waals surface area contributed by atoms with Crippen molar-refractivity contribution in [2.45, 2.75) is 13.5 Å². The topological polar surface area (TPSA) is 17.8 Å². The third kappa shape index (κ3) is 4.23. The van der Waals surface area contributed by atoms with Gasteiger partial charge in [0, 0.05) is 12.1 Å². The second-order valence-electron chi connectivity index (χ2n) is 11.0. The van der Waals surface area contributed by atoms with Crippen molar-refractivity contribution in [1.29, 1.82) is 0 Å². The number of fused-ring (bicyclic) bond motifs is 3. The van der Waals surface area contributed by atoms with Crippen LogP contribution in [-0.4, -0.2) is 9.55 Å². The van der Waals surface area contributed by atoms with E-state index in [9.17, 15) is 0 Å². The lowest BCUT2D eigenvalue weighted by Gasteiger charge is -2.18. The van der Waals surface area contributed by atoms with Crippen molar-refractivity contribution in [2.75, 3.05) is 0 Å². The average molecular weight is 551 g/mol. The minimum absolute atomic E-state index is 0.877. The number of para-hydroxylation sites is 2. The Bertz CT molecular complexity index is 2240. The minimum Gasteiger partial charge on any atom is -0.324 e. The van der Waals surface area contributed by atoms with Gasteiger partial charge in [0.05, 0.1) is 11.0 Å². The molecule has 0 amide bonds. The van der Waals surface area contributed by atoms with Crippen molar-refractivity contribution < 1.29 is 0 Å². The van der Waals surface area contributed by atoms with Gasteiger partial charge >= 0.3 is 0 Å². The van der Waals surface area contributed by atoms with Crippen molar-refractivity contribution in [3.63, 3.8) is 0 Å². The predicted molar refractivity (Wildman–Crippen MR) is 182 cm³/mol. The van der Waals surface area contributed by atoms with Crippen LogP contribution in [0.15, 0.2) is 152 Å². The number of imidazole rings is 1. The number of benzene rings is 7. The van der Waals surface area contributed by atoms with E-state index in [1.165, 1.54) is 60.4 Å².